The summed E-state index contributed by atoms with van der Waals surface area (Å²) in [6, 6.07) is 0. The zero-order valence-electron chi connectivity index (χ0n) is 14.7. The van der Waals surface area contributed by atoms with E-state index in [-0.39, 0.29) is 17.1 Å². The molecule has 3 atom stereocenters. The highest BCUT2D eigenvalue weighted by Crippen LogP contribution is 2.61. The molecule has 122 valence electrons. The van der Waals surface area contributed by atoms with Gasteiger partial charge < -0.3 is 5.11 Å². The summed E-state index contributed by atoms with van der Waals surface area (Å²) >= 11 is 0. The predicted molar refractivity (Wildman–Crippen MR) is 89.4 cm³/mol. The van der Waals surface area contributed by atoms with Crippen LogP contribution >= 0.6 is 0 Å². The van der Waals surface area contributed by atoms with Gasteiger partial charge in [-0.3, -0.25) is 4.79 Å². The Morgan fingerprint density at radius 2 is 1.91 bits per heavy atom. The Labute approximate surface area is 134 Å². The van der Waals surface area contributed by atoms with E-state index in [4.69, 9.17) is 0 Å². The molecule has 0 bridgehead atoms. The number of allylic oxidation sites excluding steroid dienone is 2. The van der Waals surface area contributed by atoms with Gasteiger partial charge in [-0.05, 0) is 71.6 Å². The van der Waals surface area contributed by atoms with Crippen LogP contribution in [0.3, 0.4) is 0 Å². The lowest BCUT2D eigenvalue weighted by molar-refractivity contribution is -0.131. The van der Waals surface area contributed by atoms with Gasteiger partial charge >= 0.3 is 0 Å². The van der Waals surface area contributed by atoms with E-state index in [1.54, 1.807) is 6.08 Å². The number of carbonyl (C=O) groups is 1. The molecular weight excluding hydrogens is 272 g/mol. The van der Waals surface area contributed by atoms with E-state index in [9.17, 15) is 9.90 Å². The van der Waals surface area contributed by atoms with Crippen LogP contribution in [0.5, 0.6) is 0 Å². The summed E-state index contributed by atoms with van der Waals surface area (Å²) in [7, 11) is 0. The molecule has 0 amide bonds. The normalized spacial score (nSPS) is 40.7. The molecule has 1 N–H and O–H groups in total. The van der Waals surface area contributed by atoms with Crippen molar-refractivity contribution in [1.82, 2.24) is 0 Å². The maximum atomic E-state index is 12.6. The molecule has 2 unspecified atom stereocenters. The van der Waals surface area contributed by atoms with Crippen LogP contribution in [0, 0.1) is 22.7 Å². The number of rotatable bonds is 1. The van der Waals surface area contributed by atoms with E-state index >= 15 is 0 Å². The Hall–Kier alpha value is -0.890. The van der Waals surface area contributed by atoms with Gasteiger partial charge in [0.05, 0.1) is 0 Å². The molecule has 0 radical (unpaired) electrons. The summed E-state index contributed by atoms with van der Waals surface area (Å²) in [6.07, 6.45) is 9.53. The first kappa shape index (κ1) is 16.0. The van der Waals surface area contributed by atoms with Gasteiger partial charge in [0.1, 0.15) is 5.60 Å². The fourth-order valence-corrected chi connectivity index (χ4v) is 5.40. The number of hydrogen-bond acceptors (Lipinski definition) is 2. The Morgan fingerprint density at radius 1 is 1.23 bits per heavy atom. The van der Waals surface area contributed by atoms with E-state index in [0.29, 0.717) is 11.3 Å². The molecule has 0 aromatic rings. The first-order valence-corrected chi connectivity index (χ1v) is 8.82. The maximum Gasteiger partial charge on any atom is 0.191 e. The monoisotopic (exact) mass is 302 g/mol. The Morgan fingerprint density at radius 3 is 2.55 bits per heavy atom. The number of hydrogen-bond donors (Lipinski definition) is 1. The number of carbonyl (C=O) groups excluding carboxylic acids is 1. The van der Waals surface area contributed by atoms with Crippen molar-refractivity contribution in [1.29, 1.82) is 0 Å². The lowest BCUT2D eigenvalue weighted by atomic mass is 9.48. The highest BCUT2D eigenvalue weighted by molar-refractivity contribution is 6.01. The number of ketones is 1. The SMILES string of the molecule is CC(C)C1(O)C=C2CCC3C(C)(C)CCC[C@]3(C)C2=CC1=O. The topological polar surface area (TPSA) is 37.3 Å². The first-order chi connectivity index (χ1) is 10.1. The van der Waals surface area contributed by atoms with Crippen LogP contribution in [-0.4, -0.2) is 16.5 Å². The molecule has 0 heterocycles. The van der Waals surface area contributed by atoms with E-state index in [1.165, 1.54) is 30.4 Å². The molecular formula is C20H30O2. The molecule has 2 fully saturated rings. The predicted octanol–water partition coefficient (Wildman–Crippen LogP) is 4.44. The molecule has 22 heavy (non-hydrogen) atoms. The fourth-order valence-electron chi connectivity index (χ4n) is 5.40. The molecule has 0 aromatic carbocycles. The molecule has 3 rings (SSSR count). The van der Waals surface area contributed by atoms with Crippen molar-refractivity contribution in [3.8, 4) is 0 Å². The van der Waals surface area contributed by atoms with E-state index in [1.807, 2.05) is 19.9 Å². The number of fused-ring (bicyclic) bond motifs is 3. The van der Waals surface area contributed by atoms with Crippen molar-refractivity contribution in [2.45, 2.75) is 72.3 Å². The van der Waals surface area contributed by atoms with Crippen LogP contribution in [0.4, 0.5) is 0 Å². The van der Waals surface area contributed by atoms with Gasteiger partial charge in [-0.15, -0.1) is 0 Å². The van der Waals surface area contributed by atoms with Gasteiger partial charge in [-0.2, -0.15) is 0 Å². The van der Waals surface area contributed by atoms with Gasteiger partial charge in [0, 0.05) is 0 Å². The second-order valence-electron chi connectivity index (χ2n) is 8.92. The molecule has 0 spiro atoms. The quantitative estimate of drug-likeness (QED) is 0.777. The van der Waals surface area contributed by atoms with Crippen LogP contribution in [0.2, 0.25) is 0 Å². The van der Waals surface area contributed by atoms with E-state index < -0.39 is 5.60 Å². The average Bonchev–Trinajstić information content (AvgIpc) is 2.40. The lowest BCUT2D eigenvalue weighted by Gasteiger charge is -2.56. The summed E-state index contributed by atoms with van der Waals surface area (Å²) in [5.74, 6) is 0.431. The van der Waals surface area contributed by atoms with Crippen molar-refractivity contribution in [2.24, 2.45) is 22.7 Å². The third kappa shape index (κ3) is 2.06. The Kier molecular flexibility index (Phi) is 3.49. The third-order valence-electron chi connectivity index (χ3n) is 6.84. The molecule has 2 heteroatoms. The molecule has 3 aliphatic carbocycles. The zero-order valence-corrected chi connectivity index (χ0v) is 14.7. The minimum Gasteiger partial charge on any atom is -0.377 e. The van der Waals surface area contributed by atoms with Gasteiger partial charge in [-0.25, -0.2) is 0 Å². The second kappa shape index (κ2) is 4.80. The summed E-state index contributed by atoms with van der Waals surface area (Å²) in [5, 5.41) is 10.8. The van der Waals surface area contributed by atoms with Gasteiger partial charge in [0.2, 0.25) is 0 Å². The Bertz CT molecular complexity index is 566. The smallest absolute Gasteiger partial charge is 0.191 e. The van der Waals surface area contributed by atoms with Crippen molar-refractivity contribution in [3.05, 3.63) is 23.3 Å². The van der Waals surface area contributed by atoms with E-state index in [0.717, 1.165) is 12.8 Å². The first-order valence-electron chi connectivity index (χ1n) is 8.82. The van der Waals surface area contributed by atoms with Crippen molar-refractivity contribution in [2.75, 3.05) is 0 Å². The second-order valence-corrected chi connectivity index (χ2v) is 8.92. The van der Waals surface area contributed by atoms with Gasteiger partial charge in [0.15, 0.2) is 5.78 Å². The minimum atomic E-state index is -1.30. The molecule has 0 aromatic heterocycles. The molecule has 2 nitrogen and oxygen atoms in total. The van der Waals surface area contributed by atoms with Gasteiger partial charge in [-0.1, -0.05) is 41.0 Å². The van der Waals surface area contributed by atoms with Crippen LogP contribution in [0.1, 0.15) is 66.7 Å². The van der Waals surface area contributed by atoms with Crippen molar-refractivity contribution < 1.29 is 9.90 Å². The van der Waals surface area contributed by atoms with E-state index in [2.05, 4.69) is 20.8 Å². The van der Waals surface area contributed by atoms with Gasteiger partial charge in [0.25, 0.3) is 0 Å². The molecule has 0 aliphatic heterocycles. The lowest BCUT2D eigenvalue weighted by Crippen LogP contribution is -2.50. The fraction of sp³-hybridized carbons (Fsp3) is 0.750. The van der Waals surface area contributed by atoms with Crippen LogP contribution in [0.15, 0.2) is 23.3 Å². The Balaban J connectivity index is 2.06. The summed E-state index contributed by atoms with van der Waals surface area (Å²) in [4.78, 5) is 12.6. The minimum absolute atomic E-state index is 0.0846. The summed E-state index contributed by atoms with van der Waals surface area (Å²) < 4.78 is 0. The third-order valence-corrected chi connectivity index (χ3v) is 6.84. The van der Waals surface area contributed by atoms with Crippen LogP contribution < -0.4 is 0 Å². The number of aliphatic hydroxyl groups is 1. The largest absolute Gasteiger partial charge is 0.377 e. The van der Waals surface area contributed by atoms with Crippen LogP contribution in [-0.2, 0) is 4.79 Å². The maximum absolute atomic E-state index is 12.6. The molecule has 2 saturated carbocycles. The highest BCUT2D eigenvalue weighted by Gasteiger charge is 2.53. The standard InChI is InChI=1S/C20H30O2/c1-13(2)20(22)12-14-7-8-16-18(3,4)9-6-10-19(16,5)15(14)11-17(20)21/h11-13,16,22H,6-10H2,1-5H3/t16?,19-,20?/m1/s1. The average molecular weight is 302 g/mol. The van der Waals surface area contributed by atoms with Crippen LogP contribution in [0.25, 0.3) is 0 Å². The molecule has 0 saturated heterocycles. The summed E-state index contributed by atoms with van der Waals surface area (Å²) in [5.41, 5.74) is 1.60. The highest BCUT2D eigenvalue weighted by atomic mass is 16.3. The van der Waals surface area contributed by atoms with Crippen molar-refractivity contribution in [3.63, 3.8) is 0 Å². The zero-order chi connectivity index (χ0) is 16.3. The molecule has 3 aliphatic rings. The van der Waals surface area contributed by atoms with Crippen molar-refractivity contribution >= 4 is 5.78 Å². The summed E-state index contributed by atoms with van der Waals surface area (Å²) in [6.45, 7) is 11.0.